The Morgan fingerprint density at radius 2 is 2.07 bits per heavy atom. The summed E-state index contributed by atoms with van der Waals surface area (Å²) in [7, 11) is 0. The number of hydrogen-bond acceptors (Lipinski definition) is 5. The number of anilines is 1. The zero-order valence-corrected chi connectivity index (χ0v) is 15.9. The van der Waals surface area contributed by atoms with Gasteiger partial charge in [-0.25, -0.2) is 9.66 Å². The van der Waals surface area contributed by atoms with Crippen molar-refractivity contribution in [1.82, 2.24) is 9.66 Å². The van der Waals surface area contributed by atoms with Gasteiger partial charge in [-0.1, -0.05) is 18.5 Å². The number of hydrogen-bond donors (Lipinski definition) is 1. The summed E-state index contributed by atoms with van der Waals surface area (Å²) in [6.45, 7) is 1.92. The van der Waals surface area contributed by atoms with Gasteiger partial charge in [0.2, 0.25) is 0 Å². The summed E-state index contributed by atoms with van der Waals surface area (Å²) in [4.78, 5) is 17.4. The molecule has 0 radical (unpaired) electrons. The number of nitrogens with zero attached hydrogens (tertiary/aromatic N) is 3. The summed E-state index contributed by atoms with van der Waals surface area (Å²) in [6, 6.07) is 7.82. The smallest absolute Gasteiger partial charge is 0.289 e. The van der Waals surface area contributed by atoms with Crippen LogP contribution in [-0.4, -0.2) is 15.4 Å². The summed E-state index contributed by atoms with van der Waals surface area (Å²) >= 11 is 7.49. The van der Waals surface area contributed by atoms with Crippen molar-refractivity contribution in [2.45, 2.75) is 18.0 Å². The zero-order valence-electron chi connectivity index (χ0n) is 14.3. The van der Waals surface area contributed by atoms with Crippen molar-refractivity contribution in [3.63, 3.8) is 0 Å². The van der Waals surface area contributed by atoms with Crippen LogP contribution < -0.4 is 11.0 Å². The minimum absolute atomic E-state index is 0.146. The summed E-state index contributed by atoms with van der Waals surface area (Å²) in [5.74, 6) is 0.705. The number of nitrogens with one attached hydrogen (secondary N) is 1. The SMILES string of the molecule is CCSc1cc(Cl)c(C#N)cc1Nn1cnc2ccc(C(F)(F)F)cc2c1=O. The van der Waals surface area contributed by atoms with Gasteiger partial charge in [-0.15, -0.1) is 11.8 Å². The fourth-order valence-electron chi connectivity index (χ4n) is 2.51. The van der Waals surface area contributed by atoms with E-state index in [1.807, 2.05) is 13.0 Å². The summed E-state index contributed by atoms with van der Waals surface area (Å²) in [5.41, 5.74) is 1.94. The van der Waals surface area contributed by atoms with Gasteiger partial charge in [0.1, 0.15) is 12.4 Å². The minimum atomic E-state index is -4.57. The molecule has 1 heterocycles. The van der Waals surface area contributed by atoms with Crippen LogP contribution in [0.15, 0.2) is 46.3 Å². The predicted octanol–water partition coefficient (Wildman–Crippen LogP) is 4.93. The number of aromatic nitrogens is 2. The van der Waals surface area contributed by atoms with Gasteiger partial charge in [0, 0.05) is 4.90 Å². The minimum Gasteiger partial charge on any atom is -0.289 e. The quantitative estimate of drug-likeness (QED) is 0.601. The normalized spacial score (nSPS) is 11.4. The molecule has 144 valence electrons. The second kappa shape index (κ2) is 7.73. The van der Waals surface area contributed by atoms with E-state index in [9.17, 15) is 23.2 Å². The topological polar surface area (TPSA) is 70.7 Å². The molecular weight excluding hydrogens is 413 g/mol. The highest BCUT2D eigenvalue weighted by atomic mass is 35.5. The first-order valence-corrected chi connectivity index (χ1v) is 9.33. The molecule has 0 spiro atoms. The Bertz CT molecular complexity index is 1150. The highest BCUT2D eigenvalue weighted by Crippen LogP contribution is 2.33. The first kappa shape index (κ1) is 20.0. The number of halogens is 4. The van der Waals surface area contributed by atoms with Crippen molar-refractivity contribution < 1.29 is 13.2 Å². The molecule has 0 bridgehead atoms. The molecule has 0 fully saturated rings. The van der Waals surface area contributed by atoms with Gasteiger partial charge in [-0.2, -0.15) is 18.4 Å². The lowest BCUT2D eigenvalue weighted by Gasteiger charge is -2.15. The van der Waals surface area contributed by atoms with Crippen molar-refractivity contribution in [3.05, 3.63) is 63.2 Å². The van der Waals surface area contributed by atoms with Crippen molar-refractivity contribution in [1.29, 1.82) is 5.26 Å². The van der Waals surface area contributed by atoms with Crippen molar-refractivity contribution in [3.8, 4) is 6.07 Å². The van der Waals surface area contributed by atoms with E-state index >= 15 is 0 Å². The lowest BCUT2D eigenvalue weighted by atomic mass is 10.1. The predicted molar refractivity (Wildman–Crippen MR) is 103 cm³/mol. The Morgan fingerprint density at radius 1 is 1.32 bits per heavy atom. The van der Waals surface area contributed by atoms with Gasteiger partial charge in [-0.05, 0) is 36.1 Å². The van der Waals surface area contributed by atoms with Crippen LogP contribution in [0, 0.1) is 11.3 Å². The van der Waals surface area contributed by atoms with Gasteiger partial charge in [0.25, 0.3) is 5.56 Å². The Morgan fingerprint density at radius 3 is 2.71 bits per heavy atom. The molecule has 0 aliphatic rings. The maximum Gasteiger partial charge on any atom is 0.416 e. The number of benzene rings is 2. The van der Waals surface area contributed by atoms with E-state index in [4.69, 9.17) is 11.6 Å². The number of nitriles is 1. The van der Waals surface area contributed by atoms with Gasteiger partial charge in [0.05, 0.1) is 32.7 Å². The maximum absolute atomic E-state index is 13.0. The lowest BCUT2D eigenvalue weighted by molar-refractivity contribution is -0.137. The monoisotopic (exact) mass is 424 g/mol. The van der Waals surface area contributed by atoms with Crippen LogP contribution in [-0.2, 0) is 6.18 Å². The lowest BCUT2D eigenvalue weighted by Crippen LogP contribution is -2.27. The third-order valence-corrected chi connectivity index (χ3v) is 5.07. The fraction of sp³-hybridized carbons (Fsp3) is 0.167. The molecule has 0 saturated heterocycles. The molecule has 0 aliphatic heterocycles. The summed E-state index contributed by atoms with van der Waals surface area (Å²) in [5, 5.41) is 9.27. The van der Waals surface area contributed by atoms with E-state index in [0.717, 1.165) is 22.9 Å². The number of rotatable bonds is 4. The van der Waals surface area contributed by atoms with Crippen LogP contribution in [0.2, 0.25) is 5.02 Å². The van der Waals surface area contributed by atoms with Crippen molar-refractivity contribution in [2.75, 3.05) is 11.2 Å². The zero-order chi connectivity index (χ0) is 20.5. The van der Waals surface area contributed by atoms with Gasteiger partial charge >= 0.3 is 6.18 Å². The molecule has 0 saturated carbocycles. The largest absolute Gasteiger partial charge is 0.416 e. The third kappa shape index (κ3) is 3.93. The Kier molecular flexibility index (Phi) is 5.54. The Hall–Kier alpha value is -2.70. The summed E-state index contributed by atoms with van der Waals surface area (Å²) in [6.07, 6.45) is -3.39. The molecule has 3 rings (SSSR count). The van der Waals surface area contributed by atoms with Gasteiger partial charge in [0.15, 0.2) is 0 Å². The average molecular weight is 425 g/mol. The molecule has 2 aromatic carbocycles. The van der Waals surface area contributed by atoms with E-state index in [-0.39, 0.29) is 21.5 Å². The number of thioether (sulfide) groups is 1. The van der Waals surface area contributed by atoms with Crippen LogP contribution in [0.25, 0.3) is 10.9 Å². The molecule has 0 atom stereocenters. The highest BCUT2D eigenvalue weighted by Gasteiger charge is 2.30. The Labute approximate surface area is 166 Å². The van der Waals surface area contributed by atoms with E-state index in [0.29, 0.717) is 16.3 Å². The second-order valence-corrected chi connectivity index (χ2v) is 7.35. The third-order valence-electron chi connectivity index (χ3n) is 3.82. The van der Waals surface area contributed by atoms with Crippen LogP contribution in [0.4, 0.5) is 18.9 Å². The van der Waals surface area contributed by atoms with Crippen LogP contribution >= 0.6 is 23.4 Å². The standard InChI is InChI=1S/C18H12ClF3N4OS/c1-2-28-16-7-13(19)10(8-23)5-15(16)25-26-9-24-14-4-3-11(18(20,21)22)6-12(14)17(26)27/h3-7,9,25H,2H2,1H3. The van der Waals surface area contributed by atoms with E-state index in [1.54, 1.807) is 6.07 Å². The molecule has 1 N–H and O–H groups in total. The molecule has 3 aromatic rings. The molecule has 0 unspecified atom stereocenters. The van der Waals surface area contributed by atoms with Crippen LogP contribution in [0.1, 0.15) is 18.1 Å². The van der Waals surface area contributed by atoms with E-state index < -0.39 is 17.3 Å². The average Bonchev–Trinajstić information content (AvgIpc) is 2.65. The second-order valence-electron chi connectivity index (χ2n) is 5.63. The van der Waals surface area contributed by atoms with Crippen LogP contribution in [0.5, 0.6) is 0 Å². The number of fused-ring (bicyclic) bond motifs is 1. The molecule has 1 aromatic heterocycles. The van der Waals surface area contributed by atoms with E-state index in [2.05, 4.69) is 10.4 Å². The van der Waals surface area contributed by atoms with Gasteiger partial charge < -0.3 is 0 Å². The fourth-order valence-corrected chi connectivity index (χ4v) is 3.55. The molecule has 0 amide bonds. The molecular formula is C18H12ClF3N4OS. The molecule has 5 nitrogen and oxygen atoms in total. The molecule has 0 aliphatic carbocycles. The first-order chi connectivity index (χ1) is 13.2. The van der Waals surface area contributed by atoms with Crippen molar-refractivity contribution >= 4 is 40.0 Å². The summed E-state index contributed by atoms with van der Waals surface area (Å²) < 4.78 is 39.9. The Balaban J connectivity index is 2.11. The highest BCUT2D eigenvalue weighted by molar-refractivity contribution is 7.99. The maximum atomic E-state index is 13.0. The van der Waals surface area contributed by atoms with Crippen LogP contribution in [0.3, 0.4) is 0 Å². The number of alkyl halides is 3. The van der Waals surface area contributed by atoms with Gasteiger partial charge in [-0.3, -0.25) is 10.2 Å². The first-order valence-electron chi connectivity index (χ1n) is 7.96. The molecule has 28 heavy (non-hydrogen) atoms. The van der Waals surface area contributed by atoms with Crippen molar-refractivity contribution in [2.24, 2.45) is 0 Å². The van der Waals surface area contributed by atoms with E-state index in [1.165, 1.54) is 24.2 Å². The molecule has 10 heteroatoms.